The van der Waals surface area contributed by atoms with Gasteiger partial charge < -0.3 is 24.2 Å². The second-order valence-electron chi connectivity index (χ2n) is 10.3. The van der Waals surface area contributed by atoms with Gasteiger partial charge in [0.1, 0.15) is 17.9 Å². The van der Waals surface area contributed by atoms with Crippen LogP contribution in [0.3, 0.4) is 0 Å². The molecule has 0 atom stereocenters. The minimum atomic E-state index is -4.72. The molecule has 0 N–H and O–H groups in total. The van der Waals surface area contributed by atoms with Crippen LogP contribution in [0, 0.1) is 0 Å². The second kappa shape index (κ2) is 10.5. The topological polar surface area (TPSA) is 80.1 Å². The van der Waals surface area contributed by atoms with Crippen molar-refractivity contribution < 1.29 is 32.2 Å². The summed E-state index contributed by atoms with van der Waals surface area (Å²) in [7, 11) is 1.54. The van der Waals surface area contributed by atoms with E-state index in [1.165, 1.54) is 12.0 Å². The van der Waals surface area contributed by atoms with Crippen molar-refractivity contribution in [1.29, 1.82) is 0 Å². The molecule has 0 aliphatic carbocycles. The number of rotatable bonds is 4. The maximum Gasteiger partial charge on any atom is 0.435 e. The first-order chi connectivity index (χ1) is 17.8. The largest absolute Gasteiger partial charge is 0.495 e. The van der Waals surface area contributed by atoms with Crippen molar-refractivity contribution in [3.63, 3.8) is 0 Å². The molecule has 0 unspecified atom stereocenters. The SMILES string of the molecule is COc1cc(N2CCN(C(=O)Cn3nc(C(F)(F)F)c4c3CCN(C(=O)OC(C)(C)C)C4)CC2)ccc1Cl. The van der Waals surface area contributed by atoms with Crippen molar-refractivity contribution in [3.8, 4) is 5.75 Å². The van der Waals surface area contributed by atoms with Gasteiger partial charge in [-0.15, -0.1) is 0 Å². The highest BCUT2D eigenvalue weighted by Crippen LogP contribution is 2.36. The minimum Gasteiger partial charge on any atom is -0.495 e. The summed E-state index contributed by atoms with van der Waals surface area (Å²) in [5, 5.41) is 4.28. The molecule has 0 spiro atoms. The zero-order valence-corrected chi connectivity index (χ0v) is 22.5. The zero-order valence-electron chi connectivity index (χ0n) is 21.8. The molecule has 1 saturated heterocycles. The van der Waals surface area contributed by atoms with Crippen LogP contribution < -0.4 is 9.64 Å². The molecular weight excluding hydrogens is 527 g/mol. The Morgan fingerprint density at radius 1 is 1.05 bits per heavy atom. The number of aromatic nitrogens is 2. The van der Waals surface area contributed by atoms with Crippen LogP contribution in [0.1, 0.15) is 37.7 Å². The summed E-state index contributed by atoms with van der Waals surface area (Å²) in [5.41, 5.74) is -0.718. The van der Waals surface area contributed by atoms with Gasteiger partial charge in [0.15, 0.2) is 5.69 Å². The first-order valence-electron chi connectivity index (χ1n) is 12.3. The predicted molar refractivity (Wildman–Crippen MR) is 134 cm³/mol. The third-order valence-corrected chi connectivity index (χ3v) is 6.78. The number of piperazine rings is 1. The highest BCUT2D eigenvalue weighted by molar-refractivity contribution is 6.32. The molecule has 2 aliphatic rings. The second-order valence-corrected chi connectivity index (χ2v) is 10.7. The van der Waals surface area contributed by atoms with E-state index in [1.807, 2.05) is 12.1 Å². The fourth-order valence-corrected chi connectivity index (χ4v) is 4.81. The number of halogens is 4. The Hall–Kier alpha value is -3.15. The van der Waals surface area contributed by atoms with Gasteiger partial charge in [-0.3, -0.25) is 9.48 Å². The van der Waals surface area contributed by atoms with E-state index in [0.717, 1.165) is 10.4 Å². The number of alkyl halides is 3. The molecule has 4 rings (SSSR count). The van der Waals surface area contributed by atoms with Gasteiger partial charge in [0.2, 0.25) is 5.91 Å². The molecule has 38 heavy (non-hydrogen) atoms. The van der Waals surface area contributed by atoms with Gasteiger partial charge in [-0.05, 0) is 32.9 Å². The molecule has 13 heteroatoms. The number of benzene rings is 1. The summed E-state index contributed by atoms with van der Waals surface area (Å²) in [6.07, 6.45) is -5.27. The third-order valence-electron chi connectivity index (χ3n) is 6.47. The smallest absolute Gasteiger partial charge is 0.435 e. The molecule has 3 heterocycles. The van der Waals surface area contributed by atoms with Gasteiger partial charge in [0.05, 0.1) is 18.7 Å². The fraction of sp³-hybridized carbons (Fsp3) is 0.560. The molecule has 1 aromatic carbocycles. The minimum absolute atomic E-state index is 0.0936. The van der Waals surface area contributed by atoms with Gasteiger partial charge in [0.25, 0.3) is 0 Å². The quantitative estimate of drug-likeness (QED) is 0.560. The number of carbonyl (C=O) groups excluding carboxylic acids is 2. The maximum absolute atomic E-state index is 13.8. The van der Waals surface area contributed by atoms with Crippen molar-refractivity contribution in [3.05, 3.63) is 40.2 Å². The molecule has 208 valence electrons. The molecule has 0 bridgehead atoms. The molecule has 0 saturated carbocycles. The zero-order chi connectivity index (χ0) is 27.8. The van der Waals surface area contributed by atoms with Gasteiger partial charge in [-0.1, -0.05) is 11.6 Å². The van der Waals surface area contributed by atoms with Crippen LogP contribution in [0.2, 0.25) is 5.02 Å². The van der Waals surface area contributed by atoms with E-state index in [-0.39, 0.29) is 37.5 Å². The van der Waals surface area contributed by atoms with E-state index in [2.05, 4.69) is 10.00 Å². The average Bonchev–Trinajstić information content (AvgIpc) is 3.21. The van der Waals surface area contributed by atoms with E-state index in [0.29, 0.717) is 42.6 Å². The lowest BCUT2D eigenvalue weighted by Crippen LogP contribution is -2.49. The van der Waals surface area contributed by atoms with Crippen molar-refractivity contribution >= 4 is 29.3 Å². The van der Waals surface area contributed by atoms with E-state index < -0.39 is 23.6 Å². The van der Waals surface area contributed by atoms with Crippen molar-refractivity contribution in [2.24, 2.45) is 0 Å². The van der Waals surface area contributed by atoms with Gasteiger partial charge in [0, 0.05) is 62.2 Å². The van der Waals surface area contributed by atoms with E-state index in [1.54, 1.807) is 31.7 Å². The van der Waals surface area contributed by atoms with Crippen LogP contribution >= 0.6 is 11.6 Å². The summed E-state index contributed by atoms with van der Waals surface area (Å²) in [4.78, 5) is 30.5. The summed E-state index contributed by atoms with van der Waals surface area (Å²) < 4.78 is 53.2. The molecule has 1 fully saturated rings. The van der Waals surface area contributed by atoms with Crippen LogP contribution in [0.15, 0.2) is 18.2 Å². The summed E-state index contributed by atoms with van der Waals surface area (Å²) in [6, 6.07) is 5.45. The Balaban J connectivity index is 1.45. The van der Waals surface area contributed by atoms with Crippen molar-refractivity contribution in [2.75, 3.05) is 44.7 Å². The molecule has 2 amide bonds. The Bertz CT molecular complexity index is 1200. The molecular formula is C25H31ClF3N5O4. The Kier molecular flexibility index (Phi) is 7.74. The van der Waals surface area contributed by atoms with Crippen LogP contribution in [0.25, 0.3) is 0 Å². The number of amides is 2. The average molecular weight is 558 g/mol. The van der Waals surface area contributed by atoms with Crippen LogP contribution in [0.4, 0.5) is 23.7 Å². The number of anilines is 1. The van der Waals surface area contributed by atoms with E-state index in [9.17, 15) is 22.8 Å². The standard InChI is InChI=1S/C25H31ClF3N5O4/c1-24(2,3)38-23(36)33-8-7-19-17(14-33)22(25(27,28)29)30-34(19)15-21(35)32-11-9-31(10-12-32)16-5-6-18(26)20(13-16)37-4/h5-6,13H,7-12,14-15H2,1-4H3. The number of nitrogens with zero attached hydrogens (tertiary/aromatic N) is 5. The highest BCUT2D eigenvalue weighted by Gasteiger charge is 2.42. The number of hydrogen-bond donors (Lipinski definition) is 0. The van der Waals surface area contributed by atoms with E-state index >= 15 is 0 Å². The fourth-order valence-electron chi connectivity index (χ4n) is 4.62. The summed E-state index contributed by atoms with van der Waals surface area (Å²) in [5.74, 6) is 0.240. The van der Waals surface area contributed by atoms with Crippen LogP contribution in [-0.2, 0) is 35.2 Å². The lowest BCUT2D eigenvalue weighted by molar-refractivity contribution is -0.143. The summed E-state index contributed by atoms with van der Waals surface area (Å²) in [6.45, 7) is 6.57. The lowest BCUT2D eigenvalue weighted by Gasteiger charge is -2.36. The number of methoxy groups -OCH3 is 1. The highest BCUT2D eigenvalue weighted by atomic mass is 35.5. The summed E-state index contributed by atoms with van der Waals surface area (Å²) >= 11 is 6.11. The van der Waals surface area contributed by atoms with Crippen molar-refractivity contribution in [1.82, 2.24) is 19.6 Å². The molecule has 9 nitrogen and oxygen atoms in total. The molecule has 2 aliphatic heterocycles. The maximum atomic E-state index is 13.8. The molecule has 0 radical (unpaired) electrons. The number of ether oxygens (including phenoxy) is 2. The number of fused-ring (bicyclic) bond motifs is 1. The normalized spacial score (nSPS) is 16.4. The van der Waals surface area contributed by atoms with Gasteiger partial charge in [-0.2, -0.15) is 18.3 Å². The van der Waals surface area contributed by atoms with Gasteiger partial charge >= 0.3 is 12.3 Å². The number of carbonyl (C=O) groups is 2. The van der Waals surface area contributed by atoms with Crippen LogP contribution in [0.5, 0.6) is 5.75 Å². The molecule has 2 aromatic rings. The van der Waals surface area contributed by atoms with E-state index in [4.69, 9.17) is 21.1 Å². The lowest BCUT2D eigenvalue weighted by atomic mass is 10.1. The van der Waals surface area contributed by atoms with Gasteiger partial charge in [-0.25, -0.2) is 4.79 Å². The third kappa shape index (κ3) is 6.11. The Morgan fingerprint density at radius 3 is 2.34 bits per heavy atom. The monoisotopic (exact) mass is 557 g/mol. The number of hydrogen-bond acceptors (Lipinski definition) is 6. The first kappa shape index (κ1) is 27.9. The predicted octanol–water partition coefficient (Wildman–Crippen LogP) is 4.21. The Labute approximate surface area is 224 Å². The molecule has 1 aromatic heterocycles. The Morgan fingerprint density at radius 2 is 1.74 bits per heavy atom. The van der Waals surface area contributed by atoms with Crippen LogP contribution in [-0.4, -0.2) is 77.0 Å². The van der Waals surface area contributed by atoms with Crippen molar-refractivity contribution in [2.45, 2.75) is 52.1 Å². The first-order valence-corrected chi connectivity index (χ1v) is 12.6.